The lowest BCUT2D eigenvalue weighted by atomic mass is 10.1. The number of thioether (sulfide) groups is 1. The number of thiazole rings is 1. The molecule has 0 saturated carbocycles. The van der Waals surface area contributed by atoms with Crippen LogP contribution in [0.3, 0.4) is 0 Å². The summed E-state index contributed by atoms with van der Waals surface area (Å²) in [6, 6.07) is 19.7. The van der Waals surface area contributed by atoms with Crippen molar-refractivity contribution < 1.29 is 4.42 Å². The molecule has 0 radical (unpaired) electrons. The van der Waals surface area contributed by atoms with Crippen LogP contribution in [-0.4, -0.2) is 4.98 Å². The Bertz CT molecular complexity index is 1170. The maximum Gasteiger partial charge on any atom is 0.156 e. The van der Waals surface area contributed by atoms with Gasteiger partial charge >= 0.3 is 0 Å². The van der Waals surface area contributed by atoms with E-state index < -0.39 is 0 Å². The third-order valence-corrected chi connectivity index (χ3v) is 6.37. The van der Waals surface area contributed by atoms with E-state index >= 15 is 0 Å². The fourth-order valence-corrected chi connectivity index (χ4v) is 4.67. The number of halogens is 1. The Balaban J connectivity index is 1.58. The summed E-state index contributed by atoms with van der Waals surface area (Å²) in [4.78, 5) is 5.08. The fraction of sp³-hybridized carbons (Fsp3) is 0.0476. The van der Waals surface area contributed by atoms with Crippen LogP contribution in [0.2, 0.25) is 5.02 Å². The van der Waals surface area contributed by atoms with E-state index in [9.17, 15) is 5.26 Å². The van der Waals surface area contributed by atoms with Crippen molar-refractivity contribution in [2.45, 2.75) is 11.3 Å². The number of furan rings is 1. The van der Waals surface area contributed by atoms with Gasteiger partial charge in [0.1, 0.15) is 17.6 Å². The molecule has 2 aromatic carbocycles. The lowest BCUT2D eigenvalue weighted by Crippen LogP contribution is -1.78. The molecule has 0 aliphatic carbocycles. The predicted molar refractivity (Wildman–Crippen MR) is 113 cm³/mol. The number of aryl methyl sites for hydroxylation is 1. The highest BCUT2D eigenvalue weighted by atomic mass is 35.5. The molecule has 2 heterocycles. The quantitative estimate of drug-likeness (QED) is 0.265. The van der Waals surface area contributed by atoms with Crippen LogP contribution in [0.4, 0.5) is 0 Å². The van der Waals surface area contributed by atoms with Gasteiger partial charge in [-0.1, -0.05) is 35.9 Å². The van der Waals surface area contributed by atoms with E-state index in [1.54, 1.807) is 17.4 Å². The Morgan fingerprint density at radius 3 is 2.85 bits per heavy atom. The molecule has 2 aromatic heterocycles. The van der Waals surface area contributed by atoms with Crippen molar-refractivity contribution in [1.29, 1.82) is 5.26 Å². The molecule has 0 spiro atoms. The number of hydrogen-bond acceptors (Lipinski definition) is 5. The molecule has 3 nitrogen and oxygen atoms in total. The minimum atomic E-state index is 0.525. The molecule has 0 amide bonds. The number of fused-ring (bicyclic) bond motifs is 1. The average Bonchev–Trinajstić information content (AvgIpc) is 3.29. The highest BCUT2D eigenvalue weighted by molar-refractivity contribution is 8.05. The second kappa shape index (κ2) is 7.61. The number of rotatable bonds is 4. The van der Waals surface area contributed by atoms with Crippen LogP contribution in [0, 0.1) is 18.3 Å². The van der Waals surface area contributed by atoms with Crippen molar-refractivity contribution in [3.8, 4) is 17.4 Å². The number of para-hydroxylation sites is 1. The van der Waals surface area contributed by atoms with Crippen molar-refractivity contribution in [2.75, 3.05) is 0 Å². The van der Waals surface area contributed by atoms with E-state index in [0.717, 1.165) is 25.7 Å². The van der Waals surface area contributed by atoms with Gasteiger partial charge in [0.05, 0.1) is 15.1 Å². The van der Waals surface area contributed by atoms with Crippen molar-refractivity contribution >= 4 is 51.0 Å². The average molecular weight is 409 g/mol. The monoisotopic (exact) mass is 408 g/mol. The molecule has 0 aliphatic heterocycles. The Kier molecular flexibility index (Phi) is 5.04. The van der Waals surface area contributed by atoms with Crippen LogP contribution in [0.25, 0.3) is 27.6 Å². The Morgan fingerprint density at radius 1 is 1.22 bits per heavy atom. The number of hydrogen-bond donors (Lipinski definition) is 0. The topological polar surface area (TPSA) is 49.8 Å². The molecule has 4 rings (SSSR count). The first-order chi connectivity index (χ1) is 13.1. The van der Waals surface area contributed by atoms with E-state index in [1.807, 2.05) is 61.5 Å². The molecular formula is C21H13ClN2OS2. The van der Waals surface area contributed by atoms with Crippen LogP contribution in [0.1, 0.15) is 11.3 Å². The fourth-order valence-electron chi connectivity index (χ4n) is 2.53. The van der Waals surface area contributed by atoms with Gasteiger partial charge < -0.3 is 4.42 Å². The third-order valence-electron chi connectivity index (χ3n) is 3.94. The first-order valence-corrected chi connectivity index (χ1v) is 10.1. The summed E-state index contributed by atoms with van der Waals surface area (Å²) in [7, 11) is 0. The molecule has 0 aliphatic rings. The molecular weight excluding hydrogens is 396 g/mol. The number of aromatic nitrogens is 1. The summed E-state index contributed by atoms with van der Waals surface area (Å²) in [6.07, 6.45) is 1.73. The van der Waals surface area contributed by atoms with Gasteiger partial charge in [0.15, 0.2) is 4.34 Å². The number of nitrogens with zero attached hydrogens (tertiary/aromatic N) is 2. The maximum atomic E-state index is 9.49. The van der Waals surface area contributed by atoms with Gasteiger partial charge in [0.2, 0.25) is 0 Å². The molecule has 132 valence electrons. The van der Waals surface area contributed by atoms with Crippen molar-refractivity contribution in [3.63, 3.8) is 0 Å². The first kappa shape index (κ1) is 17.9. The normalized spacial score (nSPS) is 11.7. The molecule has 0 fully saturated rings. The van der Waals surface area contributed by atoms with Crippen molar-refractivity contribution in [2.24, 2.45) is 0 Å². The van der Waals surface area contributed by atoms with E-state index in [-0.39, 0.29) is 0 Å². The molecule has 6 heteroatoms. The summed E-state index contributed by atoms with van der Waals surface area (Å²) < 4.78 is 7.82. The smallest absolute Gasteiger partial charge is 0.156 e. The third kappa shape index (κ3) is 3.93. The summed E-state index contributed by atoms with van der Waals surface area (Å²) in [5.74, 6) is 1.33. The largest absolute Gasteiger partial charge is 0.457 e. The predicted octanol–water partition coefficient (Wildman–Crippen LogP) is 7.17. The standard InChI is InChI=1S/C21H13ClN2OS2/c1-13-6-7-14(10-17(13)22)19-9-8-15(25-19)11-16(12-23)26-21-24-18-4-2-3-5-20(18)27-21/h2-11H,1H3/b16-11+. The second-order valence-electron chi connectivity index (χ2n) is 5.84. The van der Waals surface area contributed by atoms with Crippen molar-refractivity contribution in [1.82, 2.24) is 4.98 Å². The Hall–Kier alpha value is -2.52. The van der Waals surface area contributed by atoms with Crippen LogP contribution in [-0.2, 0) is 0 Å². The van der Waals surface area contributed by atoms with E-state index in [4.69, 9.17) is 16.0 Å². The minimum absolute atomic E-state index is 0.525. The highest BCUT2D eigenvalue weighted by Crippen LogP contribution is 2.35. The van der Waals surface area contributed by atoms with E-state index in [0.29, 0.717) is 21.4 Å². The number of allylic oxidation sites excluding steroid dienone is 1. The Labute approximate surface area is 169 Å². The molecule has 4 aromatic rings. The van der Waals surface area contributed by atoms with Crippen LogP contribution >= 0.6 is 34.7 Å². The molecule has 27 heavy (non-hydrogen) atoms. The maximum absolute atomic E-state index is 9.49. The first-order valence-electron chi connectivity index (χ1n) is 8.14. The molecule has 0 saturated heterocycles. The van der Waals surface area contributed by atoms with Gasteiger partial charge in [-0.15, -0.1) is 11.3 Å². The summed E-state index contributed by atoms with van der Waals surface area (Å²) >= 11 is 9.11. The van der Waals surface area contributed by atoms with Gasteiger partial charge in [-0.3, -0.25) is 0 Å². The van der Waals surface area contributed by atoms with Crippen LogP contribution < -0.4 is 0 Å². The zero-order valence-electron chi connectivity index (χ0n) is 14.3. The van der Waals surface area contributed by atoms with E-state index in [2.05, 4.69) is 11.1 Å². The van der Waals surface area contributed by atoms with E-state index in [1.165, 1.54) is 11.8 Å². The van der Waals surface area contributed by atoms with Gasteiger partial charge in [-0.25, -0.2) is 4.98 Å². The second-order valence-corrected chi connectivity index (χ2v) is 8.56. The molecule has 0 bridgehead atoms. The molecule has 0 unspecified atom stereocenters. The lowest BCUT2D eigenvalue weighted by Gasteiger charge is -2.00. The summed E-state index contributed by atoms with van der Waals surface area (Å²) in [6.45, 7) is 1.96. The van der Waals surface area contributed by atoms with Gasteiger partial charge in [-0.2, -0.15) is 5.26 Å². The van der Waals surface area contributed by atoms with Gasteiger partial charge in [0, 0.05) is 16.7 Å². The molecule has 0 N–H and O–H groups in total. The highest BCUT2D eigenvalue weighted by Gasteiger charge is 2.10. The lowest BCUT2D eigenvalue weighted by molar-refractivity contribution is 0.571. The molecule has 0 atom stereocenters. The zero-order valence-corrected chi connectivity index (χ0v) is 16.7. The number of nitriles is 1. The number of benzene rings is 2. The zero-order chi connectivity index (χ0) is 18.8. The summed E-state index contributed by atoms with van der Waals surface area (Å²) in [5, 5.41) is 10.2. The SMILES string of the molecule is Cc1ccc(-c2ccc(/C=C(\C#N)Sc3nc4ccccc4s3)o2)cc1Cl. The van der Waals surface area contributed by atoms with Gasteiger partial charge in [-0.05, 0) is 54.6 Å². The summed E-state index contributed by atoms with van der Waals surface area (Å²) in [5.41, 5.74) is 2.87. The van der Waals surface area contributed by atoms with Crippen molar-refractivity contribution in [3.05, 3.63) is 75.8 Å². The van der Waals surface area contributed by atoms with Gasteiger partial charge in [0.25, 0.3) is 0 Å². The van der Waals surface area contributed by atoms with Crippen LogP contribution in [0.15, 0.2) is 68.3 Å². The minimum Gasteiger partial charge on any atom is -0.457 e. The Morgan fingerprint density at radius 2 is 2.07 bits per heavy atom. The van der Waals surface area contributed by atoms with Crippen LogP contribution in [0.5, 0.6) is 0 Å².